The second kappa shape index (κ2) is 4.10. The molecule has 0 aliphatic carbocycles. The van der Waals surface area contributed by atoms with Gasteiger partial charge in [-0.2, -0.15) is 0 Å². The monoisotopic (exact) mass is 238 g/mol. The molecule has 1 aromatic heterocycles. The largest absolute Gasteiger partial charge is 0.348 e. The van der Waals surface area contributed by atoms with Gasteiger partial charge in [0, 0.05) is 18.1 Å². The van der Waals surface area contributed by atoms with Gasteiger partial charge in [-0.05, 0) is 37.2 Å². The van der Waals surface area contributed by atoms with Gasteiger partial charge in [-0.3, -0.25) is 4.79 Å². The van der Waals surface area contributed by atoms with Gasteiger partial charge in [0.2, 0.25) is 0 Å². The number of rotatable bonds is 2. The minimum atomic E-state index is -0.0266. The minimum absolute atomic E-state index is 0.0266. The summed E-state index contributed by atoms with van der Waals surface area (Å²) in [5.74, 6) is -0.0266. The fraction of sp³-hybridized carbons (Fsp3) is 0.700. The maximum Gasteiger partial charge on any atom is 0.264 e. The fourth-order valence-corrected chi connectivity index (χ4v) is 3.12. The first-order valence-electron chi connectivity index (χ1n) is 5.65. The van der Waals surface area contributed by atoms with Crippen molar-refractivity contribution in [2.24, 2.45) is 0 Å². The van der Waals surface area contributed by atoms with Crippen LogP contribution in [0.4, 0.5) is 0 Å². The highest BCUT2D eigenvalue weighted by Gasteiger charge is 2.34. The third-order valence-electron chi connectivity index (χ3n) is 3.39. The molecule has 1 aromatic rings. The van der Waals surface area contributed by atoms with Crippen molar-refractivity contribution >= 4 is 17.4 Å². The van der Waals surface area contributed by atoms with E-state index >= 15 is 0 Å². The number of amides is 1. The van der Waals surface area contributed by atoms with Crippen LogP contribution in [0.3, 0.4) is 0 Å². The zero-order valence-electron chi connectivity index (χ0n) is 8.85. The smallest absolute Gasteiger partial charge is 0.264 e. The summed E-state index contributed by atoms with van der Waals surface area (Å²) in [7, 11) is 0. The van der Waals surface area contributed by atoms with Gasteiger partial charge in [0.25, 0.3) is 5.91 Å². The summed E-state index contributed by atoms with van der Waals surface area (Å²) in [5, 5.41) is 10.3. The lowest BCUT2D eigenvalue weighted by Gasteiger charge is -2.29. The van der Waals surface area contributed by atoms with E-state index in [4.69, 9.17) is 0 Å². The van der Waals surface area contributed by atoms with E-state index in [1.807, 2.05) is 0 Å². The molecule has 2 unspecified atom stereocenters. The average Bonchev–Trinajstić information content (AvgIpc) is 2.88. The van der Waals surface area contributed by atoms with Gasteiger partial charge in [0.1, 0.15) is 4.88 Å². The molecule has 2 aliphatic heterocycles. The van der Waals surface area contributed by atoms with Gasteiger partial charge in [0.15, 0.2) is 0 Å². The van der Waals surface area contributed by atoms with E-state index in [2.05, 4.69) is 20.2 Å². The molecular weight excluding hydrogens is 224 g/mol. The van der Waals surface area contributed by atoms with E-state index in [0.29, 0.717) is 23.0 Å². The van der Waals surface area contributed by atoms with E-state index in [-0.39, 0.29) is 5.91 Å². The molecule has 0 saturated carbocycles. The number of aromatic nitrogens is 2. The maximum absolute atomic E-state index is 11.8. The summed E-state index contributed by atoms with van der Waals surface area (Å²) in [6.45, 7) is 0. The molecule has 2 aliphatic rings. The molecule has 2 N–H and O–H groups in total. The standard InChI is InChI=1S/C10H14N4OS/c15-10(9-5-11-14-16-9)13-8-3-6-1-2-7(4-8)12-6/h5-8,12H,1-4H2,(H,13,15). The van der Waals surface area contributed by atoms with Gasteiger partial charge in [0.05, 0.1) is 6.20 Å². The van der Waals surface area contributed by atoms with Gasteiger partial charge in [-0.15, -0.1) is 5.10 Å². The Morgan fingerprint density at radius 3 is 2.81 bits per heavy atom. The molecule has 2 atom stereocenters. The average molecular weight is 238 g/mol. The van der Waals surface area contributed by atoms with Crippen molar-refractivity contribution in [3.8, 4) is 0 Å². The molecule has 86 valence electrons. The van der Waals surface area contributed by atoms with Gasteiger partial charge in [-0.25, -0.2) is 0 Å². The van der Waals surface area contributed by atoms with Crippen LogP contribution in [0, 0.1) is 0 Å². The van der Waals surface area contributed by atoms with Crippen LogP contribution in [0.25, 0.3) is 0 Å². The molecule has 1 amide bonds. The number of hydrogen-bond acceptors (Lipinski definition) is 5. The Kier molecular flexibility index (Phi) is 2.61. The van der Waals surface area contributed by atoms with Crippen LogP contribution in [0.5, 0.6) is 0 Å². The van der Waals surface area contributed by atoms with Crippen molar-refractivity contribution in [2.45, 2.75) is 43.8 Å². The summed E-state index contributed by atoms with van der Waals surface area (Å²) in [6, 6.07) is 1.51. The van der Waals surface area contributed by atoms with Crippen LogP contribution in [0.1, 0.15) is 35.4 Å². The molecule has 3 rings (SSSR count). The zero-order valence-corrected chi connectivity index (χ0v) is 9.67. The first-order valence-corrected chi connectivity index (χ1v) is 6.43. The number of piperidine rings is 1. The topological polar surface area (TPSA) is 66.9 Å². The Balaban J connectivity index is 1.61. The summed E-state index contributed by atoms with van der Waals surface area (Å²) in [5.41, 5.74) is 0. The van der Waals surface area contributed by atoms with E-state index in [1.165, 1.54) is 19.0 Å². The highest BCUT2D eigenvalue weighted by atomic mass is 32.1. The predicted molar refractivity (Wildman–Crippen MR) is 60.3 cm³/mol. The molecule has 16 heavy (non-hydrogen) atoms. The Hall–Kier alpha value is -1.01. The number of carbonyl (C=O) groups excluding carboxylic acids is 1. The fourth-order valence-electron chi connectivity index (χ4n) is 2.70. The van der Waals surface area contributed by atoms with Crippen LogP contribution in [-0.4, -0.2) is 33.6 Å². The predicted octanol–water partition coefficient (Wildman–Crippen LogP) is 0.551. The van der Waals surface area contributed by atoms with Crippen LogP contribution in [0.2, 0.25) is 0 Å². The molecule has 2 bridgehead atoms. The molecule has 3 heterocycles. The Bertz CT molecular complexity index is 368. The third-order valence-corrected chi connectivity index (χ3v) is 4.06. The first-order chi connectivity index (χ1) is 7.81. The van der Waals surface area contributed by atoms with E-state index in [0.717, 1.165) is 24.4 Å². The van der Waals surface area contributed by atoms with Crippen LogP contribution in [0.15, 0.2) is 6.20 Å². The third kappa shape index (κ3) is 1.94. The van der Waals surface area contributed by atoms with E-state index in [9.17, 15) is 4.79 Å². The van der Waals surface area contributed by atoms with E-state index < -0.39 is 0 Å². The molecule has 0 spiro atoms. The highest BCUT2D eigenvalue weighted by molar-refractivity contribution is 7.07. The van der Waals surface area contributed by atoms with Crippen molar-refractivity contribution in [3.63, 3.8) is 0 Å². The Morgan fingerprint density at radius 1 is 1.44 bits per heavy atom. The van der Waals surface area contributed by atoms with Crippen LogP contribution < -0.4 is 10.6 Å². The number of carbonyl (C=O) groups is 1. The summed E-state index contributed by atoms with van der Waals surface area (Å²) in [4.78, 5) is 12.4. The van der Waals surface area contributed by atoms with Crippen molar-refractivity contribution in [1.29, 1.82) is 0 Å². The SMILES string of the molecule is O=C(NC1CC2CCC(C1)N2)c1cnns1. The summed E-state index contributed by atoms with van der Waals surface area (Å²) >= 11 is 1.15. The van der Waals surface area contributed by atoms with Gasteiger partial charge >= 0.3 is 0 Å². The van der Waals surface area contributed by atoms with E-state index in [1.54, 1.807) is 0 Å². The molecule has 6 heteroatoms. The number of nitrogens with zero attached hydrogens (tertiary/aromatic N) is 2. The quantitative estimate of drug-likeness (QED) is 0.789. The number of hydrogen-bond donors (Lipinski definition) is 2. The summed E-state index contributed by atoms with van der Waals surface area (Å²) in [6.07, 6.45) is 6.12. The van der Waals surface area contributed by atoms with Gasteiger partial charge in [-0.1, -0.05) is 4.49 Å². The Labute approximate surface area is 97.8 Å². The number of fused-ring (bicyclic) bond motifs is 2. The lowest BCUT2D eigenvalue weighted by Crippen LogP contribution is -2.47. The van der Waals surface area contributed by atoms with Crippen molar-refractivity contribution in [3.05, 3.63) is 11.1 Å². The second-order valence-electron chi connectivity index (χ2n) is 4.56. The molecule has 0 radical (unpaired) electrons. The second-order valence-corrected chi connectivity index (χ2v) is 5.35. The molecule has 2 fully saturated rings. The highest BCUT2D eigenvalue weighted by Crippen LogP contribution is 2.26. The Morgan fingerprint density at radius 2 is 2.19 bits per heavy atom. The van der Waals surface area contributed by atoms with Crippen molar-refractivity contribution < 1.29 is 4.79 Å². The lowest BCUT2D eigenvalue weighted by molar-refractivity contribution is 0.0928. The molecule has 5 nitrogen and oxygen atoms in total. The van der Waals surface area contributed by atoms with Crippen LogP contribution in [-0.2, 0) is 0 Å². The normalized spacial score (nSPS) is 32.6. The molecule has 0 aromatic carbocycles. The van der Waals surface area contributed by atoms with Gasteiger partial charge < -0.3 is 10.6 Å². The van der Waals surface area contributed by atoms with Crippen molar-refractivity contribution in [2.75, 3.05) is 0 Å². The minimum Gasteiger partial charge on any atom is -0.348 e. The first kappa shape index (κ1) is 10.2. The van der Waals surface area contributed by atoms with Crippen molar-refractivity contribution in [1.82, 2.24) is 20.2 Å². The lowest BCUT2D eigenvalue weighted by atomic mass is 10.00. The molecular formula is C10H14N4OS. The maximum atomic E-state index is 11.8. The summed E-state index contributed by atoms with van der Waals surface area (Å²) < 4.78 is 3.70. The van der Waals surface area contributed by atoms with Crippen LogP contribution >= 0.6 is 11.5 Å². The molecule has 2 saturated heterocycles. The number of nitrogens with one attached hydrogen (secondary N) is 2. The zero-order chi connectivity index (χ0) is 11.0.